The lowest BCUT2D eigenvalue weighted by Gasteiger charge is -2.22. The summed E-state index contributed by atoms with van der Waals surface area (Å²) in [5.41, 5.74) is 2.96. The van der Waals surface area contributed by atoms with E-state index in [9.17, 15) is 5.11 Å². The fourth-order valence-corrected chi connectivity index (χ4v) is 2.97. The summed E-state index contributed by atoms with van der Waals surface area (Å²) >= 11 is 0. The van der Waals surface area contributed by atoms with Crippen molar-refractivity contribution < 1.29 is 9.52 Å². The second kappa shape index (κ2) is 4.37. The van der Waals surface area contributed by atoms with Gasteiger partial charge < -0.3 is 14.8 Å². The fraction of sp³-hybridized carbons (Fsp3) is 0.222. The second-order valence-corrected chi connectivity index (χ2v) is 5.77. The molecule has 3 aromatic rings. The molecule has 0 saturated carbocycles. The monoisotopic (exact) mass is 279 g/mol. The van der Waals surface area contributed by atoms with E-state index in [4.69, 9.17) is 4.42 Å². The maximum absolute atomic E-state index is 11.0. The molecule has 1 aromatic heterocycles. The Balaban J connectivity index is 1.81. The first-order valence-corrected chi connectivity index (χ1v) is 7.23. The average molecular weight is 279 g/mol. The van der Waals surface area contributed by atoms with Crippen molar-refractivity contribution in [3.05, 3.63) is 65.4 Å². The molecule has 3 nitrogen and oxygen atoms in total. The van der Waals surface area contributed by atoms with Crippen LogP contribution in [0.4, 0.5) is 5.69 Å². The first-order chi connectivity index (χ1) is 10.1. The second-order valence-electron chi connectivity index (χ2n) is 5.77. The van der Waals surface area contributed by atoms with Crippen LogP contribution in [0.3, 0.4) is 0 Å². The van der Waals surface area contributed by atoms with Crippen LogP contribution < -0.4 is 5.32 Å². The van der Waals surface area contributed by atoms with Gasteiger partial charge in [-0.05, 0) is 42.7 Å². The van der Waals surface area contributed by atoms with Crippen LogP contribution in [0.15, 0.2) is 52.9 Å². The van der Waals surface area contributed by atoms with E-state index in [0.717, 1.165) is 29.5 Å². The molecular formula is C18H17NO2. The molecule has 0 radical (unpaired) electrons. The number of furan rings is 1. The van der Waals surface area contributed by atoms with Crippen LogP contribution in [0.2, 0.25) is 0 Å². The lowest BCUT2D eigenvalue weighted by molar-refractivity contribution is 0.0786. The van der Waals surface area contributed by atoms with E-state index < -0.39 is 5.60 Å². The molecule has 0 fully saturated rings. The number of benzene rings is 2. The molecule has 2 N–H and O–H groups in total. The minimum Gasteiger partial charge on any atom is -0.458 e. The number of hydrogen-bond acceptors (Lipinski definition) is 3. The number of fused-ring (bicyclic) bond motifs is 2. The van der Waals surface area contributed by atoms with Crippen LogP contribution in [0, 0.1) is 0 Å². The van der Waals surface area contributed by atoms with Gasteiger partial charge in [0.05, 0.1) is 0 Å². The van der Waals surface area contributed by atoms with Gasteiger partial charge in [-0.2, -0.15) is 0 Å². The first-order valence-electron chi connectivity index (χ1n) is 7.23. The quantitative estimate of drug-likeness (QED) is 0.752. The number of rotatable bonds is 2. The number of para-hydroxylation sites is 1. The van der Waals surface area contributed by atoms with E-state index in [0.29, 0.717) is 5.76 Å². The van der Waals surface area contributed by atoms with Gasteiger partial charge in [0.2, 0.25) is 0 Å². The third-order valence-electron chi connectivity index (χ3n) is 4.28. The molecule has 0 bridgehead atoms. The highest BCUT2D eigenvalue weighted by atomic mass is 16.4. The standard InChI is InChI=1S/C18H17NO2/c1-18(20,14-6-7-15-12(10-14)8-9-19-15)17-11-13-4-2-3-5-16(13)21-17/h2-7,10-11,19-20H,8-9H2,1H3. The molecule has 2 aromatic carbocycles. The van der Waals surface area contributed by atoms with Crippen LogP contribution in [0.5, 0.6) is 0 Å². The van der Waals surface area contributed by atoms with Crippen molar-refractivity contribution in [2.24, 2.45) is 0 Å². The molecule has 21 heavy (non-hydrogen) atoms. The largest absolute Gasteiger partial charge is 0.458 e. The Morgan fingerprint density at radius 3 is 2.86 bits per heavy atom. The predicted octanol–water partition coefficient (Wildman–Crippen LogP) is 3.66. The van der Waals surface area contributed by atoms with E-state index in [-0.39, 0.29) is 0 Å². The molecule has 0 saturated heterocycles. The number of anilines is 1. The van der Waals surface area contributed by atoms with Gasteiger partial charge in [-0.3, -0.25) is 0 Å². The molecular weight excluding hydrogens is 262 g/mol. The fourth-order valence-electron chi connectivity index (χ4n) is 2.97. The average Bonchev–Trinajstić information content (AvgIpc) is 3.13. The third-order valence-corrected chi connectivity index (χ3v) is 4.28. The molecule has 2 heterocycles. The lowest BCUT2D eigenvalue weighted by Crippen LogP contribution is -2.22. The zero-order chi connectivity index (χ0) is 14.4. The predicted molar refractivity (Wildman–Crippen MR) is 83.5 cm³/mol. The minimum absolute atomic E-state index is 0.578. The van der Waals surface area contributed by atoms with Crippen LogP contribution in [0.1, 0.15) is 23.8 Å². The third kappa shape index (κ3) is 1.93. The van der Waals surface area contributed by atoms with Crippen molar-refractivity contribution in [3.63, 3.8) is 0 Å². The summed E-state index contributed by atoms with van der Waals surface area (Å²) in [7, 11) is 0. The topological polar surface area (TPSA) is 45.4 Å². The van der Waals surface area contributed by atoms with Gasteiger partial charge in [-0.15, -0.1) is 0 Å². The van der Waals surface area contributed by atoms with Crippen molar-refractivity contribution in [3.8, 4) is 0 Å². The molecule has 0 spiro atoms. The summed E-state index contributed by atoms with van der Waals surface area (Å²) in [4.78, 5) is 0. The molecule has 1 aliphatic heterocycles. The van der Waals surface area contributed by atoms with Gasteiger partial charge >= 0.3 is 0 Å². The summed E-state index contributed by atoms with van der Waals surface area (Å²) in [6.45, 7) is 2.75. The Labute approximate surface area is 123 Å². The van der Waals surface area contributed by atoms with E-state index >= 15 is 0 Å². The Hall–Kier alpha value is -2.26. The van der Waals surface area contributed by atoms with Gasteiger partial charge in [-0.25, -0.2) is 0 Å². The van der Waals surface area contributed by atoms with Crippen LogP contribution in [-0.2, 0) is 12.0 Å². The smallest absolute Gasteiger partial charge is 0.144 e. The zero-order valence-corrected chi connectivity index (χ0v) is 11.9. The van der Waals surface area contributed by atoms with Gasteiger partial charge in [0.25, 0.3) is 0 Å². The first kappa shape index (κ1) is 12.5. The number of aliphatic hydroxyl groups is 1. The van der Waals surface area contributed by atoms with Crippen molar-refractivity contribution >= 4 is 16.7 Å². The number of hydrogen-bond donors (Lipinski definition) is 2. The van der Waals surface area contributed by atoms with Gasteiger partial charge in [0, 0.05) is 17.6 Å². The van der Waals surface area contributed by atoms with Crippen LogP contribution in [0.25, 0.3) is 11.0 Å². The van der Waals surface area contributed by atoms with E-state index in [1.165, 1.54) is 11.3 Å². The van der Waals surface area contributed by atoms with Crippen molar-refractivity contribution in [2.75, 3.05) is 11.9 Å². The highest BCUT2D eigenvalue weighted by molar-refractivity contribution is 5.78. The summed E-state index contributed by atoms with van der Waals surface area (Å²) in [6.07, 6.45) is 0.999. The van der Waals surface area contributed by atoms with Crippen molar-refractivity contribution in [1.82, 2.24) is 0 Å². The molecule has 0 aliphatic carbocycles. The molecule has 1 aliphatic rings. The normalized spacial score (nSPS) is 16.5. The van der Waals surface area contributed by atoms with Crippen molar-refractivity contribution in [2.45, 2.75) is 18.9 Å². The van der Waals surface area contributed by atoms with E-state index in [1.54, 1.807) is 6.92 Å². The lowest BCUT2D eigenvalue weighted by atomic mass is 9.91. The Bertz CT molecular complexity index is 784. The van der Waals surface area contributed by atoms with E-state index in [2.05, 4.69) is 11.4 Å². The Kier molecular flexibility index (Phi) is 2.59. The molecule has 1 unspecified atom stereocenters. The maximum atomic E-state index is 11.0. The minimum atomic E-state index is -1.13. The molecule has 106 valence electrons. The zero-order valence-electron chi connectivity index (χ0n) is 11.9. The van der Waals surface area contributed by atoms with Crippen LogP contribution in [-0.4, -0.2) is 11.7 Å². The highest BCUT2D eigenvalue weighted by Crippen LogP contribution is 2.35. The molecule has 4 rings (SSSR count). The van der Waals surface area contributed by atoms with Gasteiger partial charge in [-0.1, -0.05) is 30.3 Å². The summed E-state index contributed by atoms with van der Waals surface area (Å²) in [5.74, 6) is 0.578. The van der Waals surface area contributed by atoms with Crippen molar-refractivity contribution in [1.29, 1.82) is 0 Å². The number of nitrogens with one attached hydrogen (secondary N) is 1. The van der Waals surface area contributed by atoms with Gasteiger partial charge in [0.1, 0.15) is 16.9 Å². The molecule has 0 amide bonds. The summed E-state index contributed by atoms with van der Waals surface area (Å²) < 4.78 is 5.84. The van der Waals surface area contributed by atoms with Crippen LogP contribution >= 0.6 is 0 Å². The Morgan fingerprint density at radius 1 is 1.14 bits per heavy atom. The van der Waals surface area contributed by atoms with E-state index in [1.807, 2.05) is 42.5 Å². The summed E-state index contributed by atoms with van der Waals surface area (Å²) in [5, 5.41) is 15.3. The van der Waals surface area contributed by atoms with Gasteiger partial charge in [0.15, 0.2) is 0 Å². The molecule has 3 heteroatoms. The highest BCUT2D eigenvalue weighted by Gasteiger charge is 2.30. The maximum Gasteiger partial charge on any atom is 0.144 e. The summed E-state index contributed by atoms with van der Waals surface area (Å²) in [6, 6.07) is 15.8. The Morgan fingerprint density at radius 2 is 2.00 bits per heavy atom. The SMILES string of the molecule is CC(O)(c1ccc2c(c1)CCN2)c1cc2ccccc2o1. The molecule has 1 atom stereocenters.